The summed E-state index contributed by atoms with van der Waals surface area (Å²) in [5.41, 5.74) is 3.80. The van der Waals surface area contributed by atoms with Crippen LogP contribution in [0.1, 0.15) is 37.5 Å². The minimum absolute atomic E-state index is 0.0558. The number of aryl methyl sites for hydroxylation is 1. The maximum atomic E-state index is 12.3. The Labute approximate surface area is 159 Å². The standard InChI is InChI=1S/C20H24Cl2N2O/c1-13-7-5-8-15(20(2,3)4)18(13)24-19(25)23-12-11-14-16(21)9-6-10-17(14)22/h5-10H,11-12H2,1-4H3,(H2,23,24,25). The number of amides is 2. The van der Waals surface area contributed by atoms with Crippen molar-refractivity contribution in [3.63, 3.8) is 0 Å². The smallest absolute Gasteiger partial charge is 0.319 e. The van der Waals surface area contributed by atoms with Crippen molar-refractivity contribution in [3.8, 4) is 0 Å². The SMILES string of the molecule is Cc1cccc(C(C)(C)C)c1NC(=O)NCCc1c(Cl)cccc1Cl. The third-order valence-corrected chi connectivity index (χ3v) is 4.75. The quantitative estimate of drug-likeness (QED) is 0.676. The molecule has 2 aromatic carbocycles. The molecule has 0 spiro atoms. The number of hydrogen-bond acceptors (Lipinski definition) is 1. The lowest BCUT2D eigenvalue weighted by Gasteiger charge is -2.24. The number of para-hydroxylation sites is 1. The molecule has 5 heteroatoms. The van der Waals surface area contributed by atoms with Gasteiger partial charge in [-0.05, 0) is 47.6 Å². The Balaban J connectivity index is 2.02. The predicted molar refractivity (Wildman–Crippen MR) is 107 cm³/mol. The number of benzene rings is 2. The van der Waals surface area contributed by atoms with Crippen LogP contribution in [0.2, 0.25) is 10.0 Å². The van der Waals surface area contributed by atoms with Crippen LogP contribution < -0.4 is 10.6 Å². The fourth-order valence-electron chi connectivity index (χ4n) is 2.69. The molecule has 0 saturated heterocycles. The molecular formula is C20H24Cl2N2O. The highest BCUT2D eigenvalue weighted by atomic mass is 35.5. The Morgan fingerprint density at radius 2 is 1.64 bits per heavy atom. The van der Waals surface area contributed by atoms with E-state index in [-0.39, 0.29) is 11.4 Å². The van der Waals surface area contributed by atoms with E-state index in [9.17, 15) is 4.79 Å². The molecule has 0 aliphatic carbocycles. The number of nitrogens with one attached hydrogen (secondary N) is 2. The van der Waals surface area contributed by atoms with Crippen LogP contribution in [0.15, 0.2) is 36.4 Å². The highest BCUT2D eigenvalue weighted by Crippen LogP contribution is 2.31. The first-order valence-electron chi connectivity index (χ1n) is 8.28. The van der Waals surface area contributed by atoms with Crippen molar-refractivity contribution < 1.29 is 4.79 Å². The number of anilines is 1. The molecule has 2 aromatic rings. The van der Waals surface area contributed by atoms with E-state index in [1.807, 2.05) is 25.1 Å². The molecule has 0 radical (unpaired) electrons. The van der Waals surface area contributed by atoms with E-state index in [0.717, 1.165) is 22.4 Å². The van der Waals surface area contributed by atoms with Gasteiger partial charge in [0, 0.05) is 22.3 Å². The van der Waals surface area contributed by atoms with E-state index >= 15 is 0 Å². The molecule has 0 aromatic heterocycles. The summed E-state index contributed by atoms with van der Waals surface area (Å²) in [6.07, 6.45) is 0.575. The molecule has 0 heterocycles. The second kappa shape index (κ2) is 8.11. The number of hydrogen-bond donors (Lipinski definition) is 2. The summed E-state index contributed by atoms with van der Waals surface area (Å²) in [5.74, 6) is 0. The first kappa shape index (κ1) is 19.6. The third kappa shape index (κ3) is 5.13. The topological polar surface area (TPSA) is 41.1 Å². The number of carbonyl (C=O) groups is 1. The summed E-state index contributed by atoms with van der Waals surface area (Å²) in [4.78, 5) is 12.3. The summed E-state index contributed by atoms with van der Waals surface area (Å²) in [5, 5.41) is 7.09. The zero-order chi connectivity index (χ0) is 18.6. The van der Waals surface area contributed by atoms with Crippen LogP contribution in [0.3, 0.4) is 0 Å². The highest BCUT2D eigenvalue weighted by molar-refractivity contribution is 6.36. The zero-order valence-electron chi connectivity index (χ0n) is 15.0. The molecule has 2 N–H and O–H groups in total. The number of urea groups is 1. The van der Waals surface area contributed by atoms with Gasteiger partial charge in [0.15, 0.2) is 0 Å². The molecular weight excluding hydrogens is 355 g/mol. The Morgan fingerprint density at radius 1 is 1.04 bits per heavy atom. The summed E-state index contributed by atoms with van der Waals surface area (Å²) in [7, 11) is 0. The Bertz CT molecular complexity index is 747. The summed E-state index contributed by atoms with van der Waals surface area (Å²) in [6, 6.07) is 11.2. The molecule has 2 rings (SSSR count). The van der Waals surface area contributed by atoms with Gasteiger partial charge < -0.3 is 10.6 Å². The molecule has 25 heavy (non-hydrogen) atoms. The van der Waals surface area contributed by atoms with Gasteiger partial charge in [-0.3, -0.25) is 0 Å². The van der Waals surface area contributed by atoms with Crippen LogP contribution in [0.5, 0.6) is 0 Å². The van der Waals surface area contributed by atoms with Gasteiger partial charge in [0.25, 0.3) is 0 Å². The van der Waals surface area contributed by atoms with Crippen LogP contribution in [-0.4, -0.2) is 12.6 Å². The average molecular weight is 379 g/mol. The Kier molecular flexibility index (Phi) is 6.36. The number of rotatable bonds is 4. The van der Waals surface area contributed by atoms with Crippen molar-refractivity contribution in [2.45, 2.75) is 39.5 Å². The van der Waals surface area contributed by atoms with Crippen LogP contribution in [0.25, 0.3) is 0 Å². The second-order valence-electron chi connectivity index (χ2n) is 7.08. The van der Waals surface area contributed by atoms with Gasteiger partial charge in [-0.1, -0.05) is 68.2 Å². The lowest BCUT2D eigenvalue weighted by atomic mass is 9.84. The molecule has 0 atom stereocenters. The molecule has 0 bridgehead atoms. The lowest BCUT2D eigenvalue weighted by molar-refractivity contribution is 0.252. The minimum Gasteiger partial charge on any atom is -0.338 e. The first-order valence-corrected chi connectivity index (χ1v) is 9.03. The fourth-order valence-corrected chi connectivity index (χ4v) is 3.28. The summed E-state index contributed by atoms with van der Waals surface area (Å²) in [6.45, 7) is 8.83. The minimum atomic E-state index is -0.233. The predicted octanol–water partition coefficient (Wildman–Crippen LogP) is 5.96. The normalized spacial score (nSPS) is 11.3. The van der Waals surface area contributed by atoms with Gasteiger partial charge in [-0.15, -0.1) is 0 Å². The van der Waals surface area contributed by atoms with Crippen molar-refractivity contribution in [2.75, 3.05) is 11.9 Å². The molecule has 3 nitrogen and oxygen atoms in total. The van der Waals surface area contributed by atoms with E-state index in [4.69, 9.17) is 23.2 Å². The zero-order valence-corrected chi connectivity index (χ0v) is 16.6. The van der Waals surface area contributed by atoms with E-state index < -0.39 is 0 Å². The van der Waals surface area contributed by atoms with Crippen LogP contribution in [-0.2, 0) is 11.8 Å². The lowest BCUT2D eigenvalue weighted by Crippen LogP contribution is -2.32. The summed E-state index contributed by atoms with van der Waals surface area (Å²) >= 11 is 12.3. The van der Waals surface area contributed by atoms with E-state index in [1.165, 1.54) is 0 Å². The molecule has 2 amide bonds. The average Bonchev–Trinajstić information content (AvgIpc) is 2.51. The largest absolute Gasteiger partial charge is 0.338 e. The van der Waals surface area contributed by atoms with Gasteiger partial charge in [0.2, 0.25) is 0 Å². The maximum absolute atomic E-state index is 12.3. The van der Waals surface area contributed by atoms with Crippen LogP contribution >= 0.6 is 23.2 Å². The Hall–Kier alpha value is -1.71. The van der Waals surface area contributed by atoms with E-state index in [0.29, 0.717) is 23.0 Å². The molecule has 0 unspecified atom stereocenters. The maximum Gasteiger partial charge on any atom is 0.319 e. The molecule has 0 saturated carbocycles. The molecule has 0 aliphatic heterocycles. The fraction of sp³-hybridized carbons (Fsp3) is 0.350. The van der Waals surface area contributed by atoms with Gasteiger partial charge >= 0.3 is 6.03 Å². The van der Waals surface area contributed by atoms with Crippen molar-refractivity contribution in [3.05, 3.63) is 63.1 Å². The van der Waals surface area contributed by atoms with Crippen LogP contribution in [0.4, 0.5) is 10.5 Å². The van der Waals surface area contributed by atoms with Crippen molar-refractivity contribution >= 4 is 34.9 Å². The second-order valence-corrected chi connectivity index (χ2v) is 7.89. The van der Waals surface area contributed by atoms with Gasteiger partial charge in [0.1, 0.15) is 0 Å². The van der Waals surface area contributed by atoms with E-state index in [1.54, 1.807) is 18.2 Å². The van der Waals surface area contributed by atoms with Crippen molar-refractivity contribution in [1.29, 1.82) is 0 Å². The van der Waals surface area contributed by atoms with Gasteiger partial charge in [-0.25, -0.2) is 4.79 Å². The highest BCUT2D eigenvalue weighted by Gasteiger charge is 2.20. The first-order chi connectivity index (χ1) is 11.7. The summed E-state index contributed by atoms with van der Waals surface area (Å²) < 4.78 is 0. The van der Waals surface area contributed by atoms with Crippen molar-refractivity contribution in [2.24, 2.45) is 0 Å². The van der Waals surface area contributed by atoms with Gasteiger partial charge in [-0.2, -0.15) is 0 Å². The Morgan fingerprint density at radius 3 is 2.24 bits per heavy atom. The number of halogens is 2. The number of carbonyl (C=O) groups excluding carboxylic acids is 1. The third-order valence-electron chi connectivity index (χ3n) is 4.04. The molecule has 0 fully saturated rings. The van der Waals surface area contributed by atoms with Crippen LogP contribution in [0, 0.1) is 6.92 Å². The van der Waals surface area contributed by atoms with Gasteiger partial charge in [0.05, 0.1) is 0 Å². The monoisotopic (exact) mass is 378 g/mol. The molecule has 134 valence electrons. The molecule has 0 aliphatic rings. The van der Waals surface area contributed by atoms with Crippen molar-refractivity contribution in [1.82, 2.24) is 5.32 Å². The van der Waals surface area contributed by atoms with E-state index in [2.05, 4.69) is 31.4 Å².